The van der Waals surface area contributed by atoms with E-state index in [2.05, 4.69) is 10.2 Å². The Morgan fingerprint density at radius 1 is 1.31 bits per heavy atom. The van der Waals surface area contributed by atoms with Crippen molar-refractivity contribution in [3.8, 4) is 0 Å². The molecular formula is C23H27FN4O3S. The summed E-state index contributed by atoms with van der Waals surface area (Å²) in [7, 11) is 0. The van der Waals surface area contributed by atoms with Gasteiger partial charge >= 0.3 is 5.97 Å². The standard InChI is InChI=1S/C23H27FN4O3S/c1-2-19(23(30)31)28-25-12-16(26-28)11-15-13-27(10-9-20(15)32)21(22(29)14-7-8-14)17-5-3-4-6-18(17)24/h3-6,11-12,14,19-21,32H,2,7-10,13H2,1H3,(H,30,31)/b15-11+. The van der Waals surface area contributed by atoms with Crippen LogP contribution in [0, 0.1) is 11.7 Å². The van der Waals surface area contributed by atoms with Crippen LogP contribution in [0.4, 0.5) is 4.39 Å². The summed E-state index contributed by atoms with van der Waals surface area (Å²) in [5.74, 6) is -1.27. The van der Waals surface area contributed by atoms with Gasteiger partial charge in [-0.15, -0.1) is 0 Å². The van der Waals surface area contributed by atoms with Crippen molar-refractivity contribution < 1.29 is 19.1 Å². The molecule has 170 valence electrons. The van der Waals surface area contributed by atoms with Crippen molar-refractivity contribution in [2.75, 3.05) is 13.1 Å². The van der Waals surface area contributed by atoms with Gasteiger partial charge in [0.2, 0.25) is 0 Å². The molecule has 1 aliphatic carbocycles. The minimum absolute atomic E-state index is 0.00246. The molecule has 0 spiro atoms. The van der Waals surface area contributed by atoms with Gasteiger partial charge in [0.25, 0.3) is 0 Å². The van der Waals surface area contributed by atoms with Crippen LogP contribution in [0.15, 0.2) is 36.0 Å². The predicted octanol–water partition coefficient (Wildman–Crippen LogP) is 3.56. The Morgan fingerprint density at radius 2 is 2.06 bits per heavy atom. The number of piperidine rings is 1. The monoisotopic (exact) mass is 458 g/mol. The van der Waals surface area contributed by atoms with E-state index in [0.29, 0.717) is 37.2 Å². The number of carboxylic acids is 1. The molecule has 1 aromatic heterocycles. The van der Waals surface area contributed by atoms with Crippen molar-refractivity contribution in [2.45, 2.75) is 49.9 Å². The first-order chi connectivity index (χ1) is 15.4. The second-order valence-corrected chi connectivity index (χ2v) is 9.07. The first-order valence-electron chi connectivity index (χ1n) is 10.9. The van der Waals surface area contributed by atoms with Gasteiger partial charge in [-0.25, -0.2) is 9.18 Å². The number of likely N-dealkylation sites (tertiary alicyclic amines) is 1. The largest absolute Gasteiger partial charge is 0.480 e. The summed E-state index contributed by atoms with van der Waals surface area (Å²) >= 11 is 4.70. The molecule has 1 saturated carbocycles. The topological polar surface area (TPSA) is 88.3 Å². The van der Waals surface area contributed by atoms with Crippen molar-refractivity contribution in [1.29, 1.82) is 0 Å². The second kappa shape index (κ2) is 9.54. The number of aliphatic carboxylic acids is 1. The number of ketones is 1. The van der Waals surface area contributed by atoms with E-state index >= 15 is 0 Å². The SMILES string of the molecule is CCC(C(=O)O)n1ncc(/C=C2\CN(C(C(=O)C3CC3)c3ccccc3F)CCC2S)n1. The third-order valence-electron chi connectivity index (χ3n) is 6.13. The normalized spacial score (nSPS) is 22.6. The molecule has 1 saturated heterocycles. The maximum atomic E-state index is 14.7. The average molecular weight is 459 g/mol. The highest BCUT2D eigenvalue weighted by atomic mass is 32.1. The van der Waals surface area contributed by atoms with Gasteiger partial charge in [-0.05, 0) is 43.4 Å². The van der Waals surface area contributed by atoms with Crippen molar-refractivity contribution >= 4 is 30.5 Å². The van der Waals surface area contributed by atoms with Crippen LogP contribution in [0.1, 0.15) is 55.9 Å². The molecule has 1 aliphatic heterocycles. The van der Waals surface area contributed by atoms with Gasteiger partial charge in [-0.3, -0.25) is 9.69 Å². The molecule has 1 N–H and O–H groups in total. The van der Waals surface area contributed by atoms with Gasteiger partial charge in [0.15, 0.2) is 11.8 Å². The second-order valence-electron chi connectivity index (χ2n) is 8.45. The van der Waals surface area contributed by atoms with E-state index in [9.17, 15) is 19.1 Å². The van der Waals surface area contributed by atoms with Crippen LogP contribution in [-0.4, -0.2) is 55.1 Å². The van der Waals surface area contributed by atoms with Gasteiger partial charge in [0.05, 0.1) is 12.2 Å². The van der Waals surface area contributed by atoms with E-state index < -0.39 is 18.1 Å². The molecule has 1 aromatic carbocycles. The van der Waals surface area contributed by atoms with E-state index in [0.717, 1.165) is 18.4 Å². The Kier molecular flexibility index (Phi) is 6.76. The Morgan fingerprint density at radius 3 is 2.72 bits per heavy atom. The van der Waals surface area contributed by atoms with Crippen LogP contribution in [0.2, 0.25) is 0 Å². The van der Waals surface area contributed by atoms with Crippen molar-refractivity contribution in [3.63, 3.8) is 0 Å². The molecule has 2 aromatic rings. The molecule has 3 atom stereocenters. The molecule has 32 heavy (non-hydrogen) atoms. The van der Waals surface area contributed by atoms with Gasteiger partial charge in [0.1, 0.15) is 11.5 Å². The summed E-state index contributed by atoms with van der Waals surface area (Å²) in [6.07, 6.45) is 6.18. The lowest BCUT2D eigenvalue weighted by molar-refractivity contribution is -0.141. The van der Waals surface area contributed by atoms with E-state index in [1.165, 1.54) is 17.1 Å². The van der Waals surface area contributed by atoms with Crippen LogP contribution in [-0.2, 0) is 9.59 Å². The Hall–Kier alpha value is -2.52. The number of hydrogen-bond donors (Lipinski definition) is 2. The molecule has 4 rings (SSSR count). The van der Waals surface area contributed by atoms with Crippen LogP contribution in [0.5, 0.6) is 0 Å². The number of Topliss-reactive ketones (excluding diaryl/α,β-unsaturated/α-hetero) is 1. The van der Waals surface area contributed by atoms with Gasteiger partial charge in [-0.2, -0.15) is 27.6 Å². The number of benzene rings is 1. The van der Waals surface area contributed by atoms with Crippen molar-refractivity contribution in [1.82, 2.24) is 19.9 Å². The van der Waals surface area contributed by atoms with Crippen molar-refractivity contribution in [3.05, 3.63) is 53.1 Å². The third kappa shape index (κ3) is 4.78. The molecule has 2 heterocycles. The van der Waals surface area contributed by atoms with Crippen LogP contribution < -0.4 is 0 Å². The van der Waals surface area contributed by atoms with Crippen LogP contribution >= 0.6 is 12.6 Å². The average Bonchev–Trinajstić information content (AvgIpc) is 3.52. The lowest BCUT2D eigenvalue weighted by Gasteiger charge is -2.37. The highest BCUT2D eigenvalue weighted by molar-refractivity contribution is 7.81. The smallest absolute Gasteiger partial charge is 0.330 e. The van der Waals surface area contributed by atoms with Crippen LogP contribution in [0.3, 0.4) is 0 Å². The zero-order valence-electron chi connectivity index (χ0n) is 17.9. The number of rotatable bonds is 8. The van der Waals surface area contributed by atoms with E-state index in [1.807, 2.05) is 11.0 Å². The quantitative estimate of drug-likeness (QED) is 0.588. The van der Waals surface area contributed by atoms with E-state index in [1.54, 1.807) is 25.1 Å². The minimum atomic E-state index is -0.982. The summed E-state index contributed by atoms with van der Waals surface area (Å²) in [5.41, 5.74) is 1.90. The predicted molar refractivity (Wildman–Crippen MR) is 121 cm³/mol. The molecular weight excluding hydrogens is 431 g/mol. The Bertz CT molecular complexity index is 1040. The molecule has 9 heteroatoms. The fourth-order valence-electron chi connectivity index (χ4n) is 4.20. The summed E-state index contributed by atoms with van der Waals surface area (Å²) < 4.78 is 14.7. The Balaban J connectivity index is 1.60. The van der Waals surface area contributed by atoms with Crippen LogP contribution in [0.25, 0.3) is 6.08 Å². The van der Waals surface area contributed by atoms with Gasteiger partial charge in [0, 0.05) is 29.8 Å². The van der Waals surface area contributed by atoms with Gasteiger partial charge in [-0.1, -0.05) is 25.1 Å². The molecule has 0 bridgehead atoms. The summed E-state index contributed by atoms with van der Waals surface area (Å²) in [5, 5.41) is 17.7. The lowest BCUT2D eigenvalue weighted by atomic mass is 9.93. The molecule has 2 fully saturated rings. The number of carboxylic acid groups (broad SMARTS) is 1. The molecule has 0 radical (unpaired) electrons. The lowest BCUT2D eigenvalue weighted by Crippen LogP contribution is -2.42. The number of carbonyl (C=O) groups excluding carboxylic acids is 1. The zero-order chi connectivity index (χ0) is 22.8. The highest BCUT2D eigenvalue weighted by Gasteiger charge is 2.40. The van der Waals surface area contributed by atoms with E-state index in [4.69, 9.17) is 12.6 Å². The van der Waals surface area contributed by atoms with Gasteiger partial charge < -0.3 is 5.11 Å². The van der Waals surface area contributed by atoms with Crippen molar-refractivity contribution in [2.24, 2.45) is 5.92 Å². The number of halogens is 1. The fraction of sp³-hybridized carbons (Fsp3) is 0.478. The Labute approximate surface area is 191 Å². The molecule has 3 unspecified atom stereocenters. The fourth-order valence-corrected chi connectivity index (χ4v) is 4.48. The summed E-state index contributed by atoms with van der Waals surface area (Å²) in [6, 6.07) is 5.04. The summed E-state index contributed by atoms with van der Waals surface area (Å²) in [6.45, 7) is 2.85. The maximum absolute atomic E-state index is 14.7. The van der Waals surface area contributed by atoms with E-state index in [-0.39, 0.29) is 22.8 Å². The third-order valence-corrected chi connectivity index (χ3v) is 6.72. The molecule has 2 aliphatic rings. The first kappa shape index (κ1) is 22.7. The molecule has 0 amide bonds. The number of carbonyl (C=O) groups is 2. The molecule has 7 nitrogen and oxygen atoms in total. The first-order valence-corrected chi connectivity index (χ1v) is 11.5. The number of hydrogen-bond acceptors (Lipinski definition) is 6. The highest BCUT2D eigenvalue weighted by Crippen LogP contribution is 2.39. The number of thiol groups is 1. The zero-order valence-corrected chi connectivity index (χ0v) is 18.8. The maximum Gasteiger partial charge on any atom is 0.330 e. The summed E-state index contributed by atoms with van der Waals surface area (Å²) in [4.78, 5) is 27.8. The minimum Gasteiger partial charge on any atom is -0.480 e. The number of aromatic nitrogens is 3. The number of nitrogens with zero attached hydrogens (tertiary/aromatic N) is 4.